The van der Waals surface area contributed by atoms with Gasteiger partial charge in [0.1, 0.15) is 0 Å². The van der Waals surface area contributed by atoms with E-state index in [0.29, 0.717) is 12.0 Å². The summed E-state index contributed by atoms with van der Waals surface area (Å²) in [5.74, 6) is 0.701. The minimum Gasteiger partial charge on any atom is -0.312 e. The Morgan fingerprint density at radius 3 is 2.93 bits per heavy atom. The van der Waals surface area contributed by atoms with Crippen molar-refractivity contribution in [2.45, 2.75) is 38.1 Å². The summed E-state index contributed by atoms with van der Waals surface area (Å²) in [7, 11) is 0. The summed E-state index contributed by atoms with van der Waals surface area (Å²) >= 11 is 4.59. The predicted molar refractivity (Wildman–Crippen MR) is 59.0 cm³/mol. The Balaban J connectivity index is 2.21. The van der Waals surface area contributed by atoms with Crippen molar-refractivity contribution in [3.63, 3.8) is 0 Å². The van der Waals surface area contributed by atoms with Gasteiger partial charge in [-0.15, -0.1) is 0 Å². The lowest BCUT2D eigenvalue weighted by Crippen LogP contribution is -2.11. The molecule has 1 aliphatic rings. The zero-order valence-electron chi connectivity index (χ0n) is 8.02. The van der Waals surface area contributed by atoms with Gasteiger partial charge in [0, 0.05) is 18.4 Å². The van der Waals surface area contributed by atoms with Gasteiger partial charge in [0.05, 0.1) is 5.16 Å². The fraction of sp³-hybridized carbons (Fsp3) is 0.600. The summed E-state index contributed by atoms with van der Waals surface area (Å²) in [6.07, 6.45) is 10.2. The van der Waals surface area contributed by atoms with Crippen molar-refractivity contribution in [2.75, 3.05) is 0 Å². The number of thiocarbonyl (C=S) groups is 1. The molecule has 1 fully saturated rings. The molecule has 0 N–H and O–H groups in total. The van der Waals surface area contributed by atoms with Crippen molar-refractivity contribution < 1.29 is 0 Å². The molecule has 0 amide bonds. The van der Waals surface area contributed by atoms with E-state index in [9.17, 15) is 0 Å². The topological polar surface area (TPSA) is 30.2 Å². The molecule has 0 radical (unpaired) electrons. The van der Waals surface area contributed by atoms with Crippen molar-refractivity contribution >= 4 is 23.3 Å². The molecule has 0 unspecified atom stereocenters. The van der Waals surface area contributed by atoms with Crippen LogP contribution in [0.25, 0.3) is 0 Å². The maximum absolute atomic E-state index is 4.59. The van der Waals surface area contributed by atoms with Crippen LogP contribution < -0.4 is 0 Å². The molecule has 14 heavy (non-hydrogen) atoms. The second-order valence-electron chi connectivity index (χ2n) is 3.63. The molecule has 0 aliphatic heterocycles. The van der Waals surface area contributed by atoms with E-state index in [1.54, 1.807) is 6.20 Å². The number of aliphatic imine (C=N–C) groups is 1. The van der Waals surface area contributed by atoms with Crippen LogP contribution in [0.15, 0.2) is 17.4 Å². The van der Waals surface area contributed by atoms with Crippen molar-refractivity contribution in [2.24, 2.45) is 4.99 Å². The molecule has 0 atom stereocenters. The Labute approximate surface area is 88.9 Å². The number of hydrogen-bond donors (Lipinski definition) is 0. The Hall–Kier alpha value is -0.990. The third-order valence-electron chi connectivity index (χ3n) is 2.76. The van der Waals surface area contributed by atoms with Crippen LogP contribution in [0.2, 0.25) is 0 Å². The third-order valence-corrected chi connectivity index (χ3v) is 2.85. The fourth-order valence-electron chi connectivity index (χ4n) is 2.08. The monoisotopic (exact) mass is 207 g/mol. The first-order chi connectivity index (χ1) is 6.92. The highest BCUT2D eigenvalue weighted by Gasteiger charge is 2.17. The molecule has 1 aromatic rings. The smallest absolute Gasteiger partial charge is 0.238 e. The first kappa shape index (κ1) is 9.56. The lowest BCUT2D eigenvalue weighted by molar-refractivity contribution is 0.355. The van der Waals surface area contributed by atoms with Gasteiger partial charge >= 0.3 is 0 Å². The van der Waals surface area contributed by atoms with E-state index in [-0.39, 0.29) is 0 Å². The molecule has 1 aliphatic carbocycles. The third kappa shape index (κ3) is 1.91. The van der Waals surface area contributed by atoms with Crippen LogP contribution in [-0.4, -0.2) is 14.7 Å². The highest BCUT2D eigenvalue weighted by Crippen LogP contribution is 2.30. The SMILES string of the molecule is S=C=Nc1nccn1C1CCCCC1. The molecule has 74 valence electrons. The molecule has 0 bridgehead atoms. The second kappa shape index (κ2) is 4.49. The minimum absolute atomic E-state index is 0.563. The first-order valence-corrected chi connectivity index (χ1v) is 5.43. The summed E-state index contributed by atoms with van der Waals surface area (Å²) in [4.78, 5) is 8.11. The van der Waals surface area contributed by atoms with E-state index in [1.807, 2.05) is 6.20 Å². The maximum Gasteiger partial charge on any atom is 0.238 e. The Morgan fingerprint density at radius 2 is 2.21 bits per heavy atom. The molecule has 4 heteroatoms. The number of rotatable bonds is 2. The summed E-state index contributed by atoms with van der Waals surface area (Å²) in [6.45, 7) is 0. The van der Waals surface area contributed by atoms with Gasteiger partial charge in [-0.2, -0.15) is 4.99 Å². The number of aromatic nitrogens is 2. The van der Waals surface area contributed by atoms with E-state index < -0.39 is 0 Å². The maximum atomic E-state index is 4.59. The quantitative estimate of drug-likeness (QED) is 0.551. The van der Waals surface area contributed by atoms with Gasteiger partial charge in [0.2, 0.25) is 5.95 Å². The standard InChI is InChI=1S/C10H13N3S/c14-8-12-10-11-6-7-13(10)9-4-2-1-3-5-9/h6-7,9H,1-5H2. The average molecular weight is 207 g/mol. The molecule has 1 saturated carbocycles. The zero-order chi connectivity index (χ0) is 9.80. The summed E-state index contributed by atoms with van der Waals surface area (Å²) < 4.78 is 2.12. The Bertz CT molecular complexity index is 346. The van der Waals surface area contributed by atoms with E-state index in [2.05, 4.69) is 31.9 Å². The van der Waals surface area contributed by atoms with E-state index in [4.69, 9.17) is 0 Å². The average Bonchev–Trinajstić information content (AvgIpc) is 2.68. The largest absolute Gasteiger partial charge is 0.312 e. The van der Waals surface area contributed by atoms with Crippen LogP contribution in [-0.2, 0) is 0 Å². The normalized spacial score (nSPS) is 17.7. The molecule has 0 saturated heterocycles. The number of hydrogen-bond acceptors (Lipinski definition) is 3. The molecule has 0 aromatic carbocycles. The molecule has 0 spiro atoms. The van der Waals surface area contributed by atoms with Crippen molar-refractivity contribution in [1.82, 2.24) is 9.55 Å². The van der Waals surface area contributed by atoms with Crippen LogP contribution in [0.4, 0.5) is 5.95 Å². The highest BCUT2D eigenvalue weighted by atomic mass is 32.1. The van der Waals surface area contributed by atoms with Crippen molar-refractivity contribution in [1.29, 1.82) is 0 Å². The van der Waals surface area contributed by atoms with Crippen molar-refractivity contribution in [3.8, 4) is 0 Å². The second-order valence-corrected chi connectivity index (χ2v) is 3.81. The van der Waals surface area contributed by atoms with E-state index in [1.165, 1.54) is 32.1 Å². The lowest BCUT2D eigenvalue weighted by Gasteiger charge is -2.23. The van der Waals surface area contributed by atoms with Crippen molar-refractivity contribution in [3.05, 3.63) is 12.4 Å². The van der Waals surface area contributed by atoms with Crippen LogP contribution in [0.3, 0.4) is 0 Å². The molecular formula is C10H13N3S. The summed E-state index contributed by atoms with van der Waals surface area (Å²) in [6, 6.07) is 0.563. The van der Waals surface area contributed by atoms with E-state index in [0.717, 1.165) is 0 Å². The lowest BCUT2D eigenvalue weighted by atomic mass is 9.95. The van der Waals surface area contributed by atoms with E-state index >= 15 is 0 Å². The van der Waals surface area contributed by atoms with Gasteiger partial charge in [-0.05, 0) is 25.1 Å². The van der Waals surface area contributed by atoms with Crippen LogP contribution in [0, 0.1) is 0 Å². The van der Waals surface area contributed by atoms with Gasteiger partial charge < -0.3 is 4.57 Å². The van der Waals surface area contributed by atoms with Gasteiger partial charge in [-0.25, -0.2) is 4.98 Å². The molecule has 1 heterocycles. The summed E-state index contributed by atoms with van der Waals surface area (Å²) in [5.41, 5.74) is 0. The summed E-state index contributed by atoms with van der Waals surface area (Å²) in [5, 5.41) is 2.37. The number of imidazole rings is 1. The highest BCUT2D eigenvalue weighted by molar-refractivity contribution is 7.78. The number of isothiocyanates is 1. The predicted octanol–water partition coefficient (Wildman–Crippen LogP) is 3.12. The molecule has 2 rings (SSSR count). The molecule has 3 nitrogen and oxygen atoms in total. The van der Waals surface area contributed by atoms with Gasteiger partial charge in [0.15, 0.2) is 0 Å². The molecular weight excluding hydrogens is 194 g/mol. The Morgan fingerprint density at radius 1 is 1.43 bits per heavy atom. The van der Waals surface area contributed by atoms with Crippen LogP contribution in [0.1, 0.15) is 38.1 Å². The molecule has 1 aromatic heterocycles. The van der Waals surface area contributed by atoms with Crippen LogP contribution in [0.5, 0.6) is 0 Å². The number of nitrogens with zero attached hydrogens (tertiary/aromatic N) is 3. The van der Waals surface area contributed by atoms with Gasteiger partial charge in [-0.3, -0.25) is 0 Å². The van der Waals surface area contributed by atoms with Gasteiger partial charge in [-0.1, -0.05) is 19.3 Å². The van der Waals surface area contributed by atoms with Crippen LogP contribution >= 0.6 is 12.2 Å². The van der Waals surface area contributed by atoms with Gasteiger partial charge in [0.25, 0.3) is 0 Å². The first-order valence-electron chi connectivity index (χ1n) is 5.02. The minimum atomic E-state index is 0.563. The Kier molecular flexibility index (Phi) is 3.07. The zero-order valence-corrected chi connectivity index (χ0v) is 8.83. The fourth-order valence-corrected chi connectivity index (χ4v) is 2.16.